The number of aromatic nitrogens is 2. The molecule has 4 rings (SSSR count). The van der Waals surface area contributed by atoms with Crippen LogP contribution >= 0.6 is 0 Å². The van der Waals surface area contributed by atoms with E-state index < -0.39 is 23.5 Å². The summed E-state index contributed by atoms with van der Waals surface area (Å²) in [5.41, 5.74) is 6.15. The van der Waals surface area contributed by atoms with E-state index in [0.717, 1.165) is 12.3 Å². The number of carbonyl (C=O) groups is 1. The van der Waals surface area contributed by atoms with Crippen molar-refractivity contribution in [1.29, 1.82) is 0 Å². The van der Waals surface area contributed by atoms with Crippen LogP contribution < -0.4 is 10.6 Å². The number of amides is 2. The van der Waals surface area contributed by atoms with Crippen LogP contribution in [0.1, 0.15) is 23.7 Å². The summed E-state index contributed by atoms with van der Waals surface area (Å²) in [5.74, 6) is -1.85. The van der Waals surface area contributed by atoms with Gasteiger partial charge in [-0.1, -0.05) is 0 Å². The molecule has 36 heavy (non-hydrogen) atoms. The standard InChI is InChI=1S/C23H25F3N8O2/c24-17-9-15(10-18(25)11-17)20-1-2-30-34(20)23(36)33-6-4-32(5-7-33)22-29-14-19(26)21(31-22)16(12-27)13-28-3-8-35/h2,9-14,20,35H,1,3-8,27H2/t20-/m0/s1. The predicted octanol–water partition coefficient (Wildman–Crippen LogP) is 1.93. The molecule has 0 unspecified atom stereocenters. The number of rotatable bonds is 6. The number of benzene rings is 1. The number of nitrogens with zero attached hydrogens (tertiary/aromatic N) is 7. The molecule has 2 aliphatic heterocycles. The zero-order chi connectivity index (χ0) is 25.7. The summed E-state index contributed by atoms with van der Waals surface area (Å²) < 4.78 is 41.8. The molecule has 2 aromatic rings. The van der Waals surface area contributed by atoms with Crippen LogP contribution in [0.4, 0.5) is 23.9 Å². The summed E-state index contributed by atoms with van der Waals surface area (Å²) in [6.45, 7) is 1.34. The minimum absolute atomic E-state index is 0.0285. The fourth-order valence-electron chi connectivity index (χ4n) is 4.00. The summed E-state index contributed by atoms with van der Waals surface area (Å²) in [4.78, 5) is 28.9. The highest BCUT2D eigenvalue weighted by Crippen LogP contribution is 2.30. The number of urea groups is 1. The Balaban J connectivity index is 1.43. The van der Waals surface area contributed by atoms with Crippen LogP contribution in [0.25, 0.3) is 5.57 Å². The molecule has 1 saturated heterocycles. The van der Waals surface area contributed by atoms with Crippen LogP contribution in [-0.2, 0) is 0 Å². The molecular weight excluding hydrogens is 477 g/mol. The van der Waals surface area contributed by atoms with Crippen molar-refractivity contribution in [3.05, 3.63) is 59.3 Å². The van der Waals surface area contributed by atoms with Gasteiger partial charge in [-0.25, -0.2) is 32.9 Å². The molecule has 1 atom stereocenters. The fraction of sp³-hybridized carbons (Fsp3) is 0.348. The summed E-state index contributed by atoms with van der Waals surface area (Å²) in [6.07, 6.45) is 5.44. The van der Waals surface area contributed by atoms with E-state index in [1.807, 2.05) is 0 Å². The van der Waals surface area contributed by atoms with Gasteiger partial charge in [0.15, 0.2) is 5.82 Å². The van der Waals surface area contributed by atoms with E-state index >= 15 is 0 Å². The van der Waals surface area contributed by atoms with E-state index in [4.69, 9.17) is 10.8 Å². The van der Waals surface area contributed by atoms with Gasteiger partial charge >= 0.3 is 6.03 Å². The molecule has 2 amide bonds. The summed E-state index contributed by atoms with van der Waals surface area (Å²) >= 11 is 0. The van der Waals surface area contributed by atoms with Crippen molar-refractivity contribution in [2.45, 2.75) is 12.5 Å². The first-order valence-electron chi connectivity index (χ1n) is 11.3. The highest BCUT2D eigenvalue weighted by Gasteiger charge is 2.34. The molecule has 3 heterocycles. The molecule has 10 nitrogen and oxygen atoms in total. The number of piperazine rings is 1. The van der Waals surface area contributed by atoms with Crippen molar-refractivity contribution in [3.8, 4) is 0 Å². The number of carbonyl (C=O) groups excluding carboxylic acids is 1. The molecule has 1 aromatic carbocycles. The van der Waals surface area contributed by atoms with E-state index in [2.05, 4.69) is 20.1 Å². The summed E-state index contributed by atoms with van der Waals surface area (Å²) in [6, 6.07) is 2.19. The fourth-order valence-corrected chi connectivity index (χ4v) is 4.00. The lowest BCUT2D eigenvalue weighted by atomic mass is 10.0. The number of aliphatic imine (C=N–C) groups is 1. The van der Waals surface area contributed by atoms with Crippen LogP contribution in [0.5, 0.6) is 0 Å². The average Bonchev–Trinajstić information content (AvgIpc) is 3.37. The lowest BCUT2D eigenvalue weighted by molar-refractivity contribution is 0.139. The van der Waals surface area contributed by atoms with Crippen molar-refractivity contribution >= 4 is 30.0 Å². The number of hydrogen-bond acceptors (Lipinski definition) is 8. The molecule has 13 heteroatoms. The Morgan fingerprint density at radius 2 is 1.89 bits per heavy atom. The topological polar surface area (TPSA) is 124 Å². The predicted molar refractivity (Wildman–Crippen MR) is 128 cm³/mol. The van der Waals surface area contributed by atoms with Crippen molar-refractivity contribution in [3.63, 3.8) is 0 Å². The van der Waals surface area contributed by atoms with Gasteiger partial charge < -0.3 is 20.6 Å². The van der Waals surface area contributed by atoms with Gasteiger partial charge in [0.05, 0.1) is 25.4 Å². The number of anilines is 1. The van der Waals surface area contributed by atoms with Crippen LogP contribution in [-0.4, -0.2) is 82.8 Å². The van der Waals surface area contributed by atoms with E-state index in [-0.39, 0.29) is 36.4 Å². The SMILES string of the molecule is NC=C(C=NCCO)c1nc(N2CCN(C(=O)N3N=CC[C@H]3c3cc(F)cc(F)c3)CC2)ncc1F. The number of allylic oxidation sites excluding steroid dienone is 1. The van der Waals surface area contributed by atoms with Gasteiger partial charge in [-0.3, -0.25) is 4.99 Å². The Bertz CT molecular complexity index is 1180. The van der Waals surface area contributed by atoms with Crippen LogP contribution in [0.15, 0.2) is 40.7 Å². The Hall–Kier alpha value is -4.00. The minimum Gasteiger partial charge on any atom is -0.404 e. The average molecular weight is 503 g/mol. The van der Waals surface area contributed by atoms with Gasteiger partial charge in [-0.15, -0.1) is 0 Å². The quantitative estimate of drug-likeness (QED) is 0.582. The Morgan fingerprint density at radius 3 is 2.56 bits per heavy atom. The van der Waals surface area contributed by atoms with Gasteiger partial charge in [-0.2, -0.15) is 5.10 Å². The van der Waals surface area contributed by atoms with Crippen LogP contribution in [0.2, 0.25) is 0 Å². The maximum Gasteiger partial charge on any atom is 0.341 e. The second-order valence-electron chi connectivity index (χ2n) is 8.10. The second kappa shape index (κ2) is 11.2. The van der Waals surface area contributed by atoms with Gasteiger partial charge in [0.2, 0.25) is 5.95 Å². The van der Waals surface area contributed by atoms with Gasteiger partial charge in [0.1, 0.15) is 17.3 Å². The second-order valence-corrected chi connectivity index (χ2v) is 8.10. The first kappa shape index (κ1) is 25.1. The first-order valence-corrected chi connectivity index (χ1v) is 11.3. The van der Waals surface area contributed by atoms with E-state index in [0.29, 0.717) is 38.2 Å². The molecular formula is C23H25F3N8O2. The van der Waals surface area contributed by atoms with Gasteiger partial charge in [0, 0.05) is 62.9 Å². The molecule has 0 aliphatic carbocycles. The van der Waals surface area contributed by atoms with Crippen molar-refractivity contribution in [2.24, 2.45) is 15.8 Å². The van der Waals surface area contributed by atoms with Crippen LogP contribution in [0.3, 0.4) is 0 Å². The maximum atomic E-state index is 14.4. The monoisotopic (exact) mass is 502 g/mol. The summed E-state index contributed by atoms with van der Waals surface area (Å²) in [5, 5.41) is 14.2. The molecule has 1 aromatic heterocycles. The highest BCUT2D eigenvalue weighted by molar-refractivity contribution is 6.08. The normalized spacial score (nSPS) is 18.5. The molecule has 2 aliphatic rings. The zero-order valence-electron chi connectivity index (χ0n) is 19.3. The number of hydrazone groups is 1. The zero-order valence-corrected chi connectivity index (χ0v) is 19.3. The minimum atomic E-state index is -0.719. The molecule has 190 valence electrons. The molecule has 0 radical (unpaired) electrons. The lowest BCUT2D eigenvalue weighted by Crippen LogP contribution is -2.52. The molecule has 1 fully saturated rings. The van der Waals surface area contributed by atoms with Crippen LogP contribution in [0, 0.1) is 17.5 Å². The van der Waals surface area contributed by atoms with Gasteiger partial charge in [-0.05, 0) is 17.7 Å². The number of nitrogens with two attached hydrogens (primary N) is 1. The van der Waals surface area contributed by atoms with Crippen molar-refractivity contribution in [1.82, 2.24) is 19.9 Å². The van der Waals surface area contributed by atoms with Crippen molar-refractivity contribution in [2.75, 3.05) is 44.2 Å². The number of aliphatic hydroxyl groups excluding tert-OH is 1. The third-order valence-electron chi connectivity index (χ3n) is 5.77. The maximum absolute atomic E-state index is 14.4. The lowest BCUT2D eigenvalue weighted by Gasteiger charge is -2.37. The van der Waals surface area contributed by atoms with Crippen molar-refractivity contribution < 1.29 is 23.1 Å². The highest BCUT2D eigenvalue weighted by atomic mass is 19.1. The Kier molecular flexibility index (Phi) is 7.78. The Morgan fingerprint density at radius 1 is 1.17 bits per heavy atom. The molecule has 0 spiro atoms. The number of halogens is 3. The Labute approximate surface area is 205 Å². The third kappa shape index (κ3) is 5.46. The smallest absolute Gasteiger partial charge is 0.341 e. The van der Waals surface area contributed by atoms with E-state index in [1.54, 1.807) is 16.0 Å². The third-order valence-corrected chi connectivity index (χ3v) is 5.77. The molecule has 0 saturated carbocycles. The molecule has 3 N–H and O–H groups in total. The van der Waals surface area contributed by atoms with Gasteiger partial charge in [0.25, 0.3) is 0 Å². The first-order chi connectivity index (χ1) is 17.4. The summed E-state index contributed by atoms with van der Waals surface area (Å²) in [7, 11) is 0. The largest absolute Gasteiger partial charge is 0.404 e. The number of aliphatic hydroxyl groups is 1. The molecule has 0 bridgehead atoms. The number of hydrogen-bond donors (Lipinski definition) is 2. The van der Waals surface area contributed by atoms with E-state index in [9.17, 15) is 18.0 Å². The van der Waals surface area contributed by atoms with E-state index in [1.165, 1.54) is 29.6 Å².